The largest absolute Gasteiger partial charge is 0.339 e. The molecule has 0 aromatic heterocycles. The van der Waals surface area contributed by atoms with E-state index in [1.165, 1.54) is 12.8 Å². The van der Waals surface area contributed by atoms with E-state index >= 15 is 0 Å². The summed E-state index contributed by atoms with van der Waals surface area (Å²) in [6.45, 7) is 2.62. The van der Waals surface area contributed by atoms with Crippen molar-refractivity contribution in [1.82, 2.24) is 9.80 Å². The Balaban J connectivity index is 1.49. The Labute approximate surface area is 142 Å². The highest BCUT2D eigenvalue weighted by molar-refractivity contribution is 6.30. The third-order valence-electron chi connectivity index (χ3n) is 4.92. The SMILES string of the molecule is O=C(Cc1ccc(Cl)cc1)N1CCN(C(=O)C2CCCC2)CC1. The van der Waals surface area contributed by atoms with Crippen LogP contribution in [0.1, 0.15) is 31.2 Å². The fraction of sp³-hybridized carbons (Fsp3) is 0.556. The minimum absolute atomic E-state index is 0.125. The van der Waals surface area contributed by atoms with Crippen LogP contribution in [0.15, 0.2) is 24.3 Å². The van der Waals surface area contributed by atoms with E-state index in [-0.39, 0.29) is 11.8 Å². The van der Waals surface area contributed by atoms with Crippen LogP contribution < -0.4 is 0 Å². The van der Waals surface area contributed by atoms with Crippen molar-refractivity contribution in [2.75, 3.05) is 26.2 Å². The van der Waals surface area contributed by atoms with Gasteiger partial charge in [0.2, 0.25) is 11.8 Å². The molecule has 2 fully saturated rings. The lowest BCUT2D eigenvalue weighted by Crippen LogP contribution is -2.52. The van der Waals surface area contributed by atoms with Crippen LogP contribution in [-0.2, 0) is 16.0 Å². The monoisotopic (exact) mass is 334 g/mol. The maximum Gasteiger partial charge on any atom is 0.227 e. The van der Waals surface area contributed by atoms with Gasteiger partial charge in [0.25, 0.3) is 0 Å². The molecule has 0 unspecified atom stereocenters. The maximum atomic E-state index is 12.4. The summed E-state index contributed by atoms with van der Waals surface area (Å²) in [6, 6.07) is 7.39. The zero-order valence-corrected chi connectivity index (χ0v) is 14.1. The minimum atomic E-state index is 0.125. The van der Waals surface area contributed by atoms with E-state index in [1.807, 2.05) is 34.1 Å². The van der Waals surface area contributed by atoms with Gasteiger partial charge in [-0.15, -0.1) is 0 Å². The van der Waals surface area contributed by atoms with E-state index in [0.717, 1.165) is 18.4 Å². The molecule has 3 rings (SSSR count). The van der Waals surface area contributed by atoms with Gasteiger partial charge in [-0.05, 0) is 30.5 Å². The van der Waals surface area contributed by atoms with Crippen LogP contribution >= 0.6 is 11.6 Å². The van der Waals surface area contributed by atoms with Gasteiger partial charge in [0.05, 0.1) is 6.42 Å². The van der Waals surface area contributed by atoms with Gasteiger partial charge in [-0.25, -0.2) is 0 Å². The van der Waals surface area contributed by atoms with Gasteiger partial charge in [0, 0.05) is 37.1 Å². The summed E-state index contributed by atoms with van der Waals surface area (Å²) in [4.78, 5) is 28.6. The molecule has 1 saturated heterocycles. The van der Waals surface area contributed by atoms with E-state index < -0.39 is 0 Å². The van der Waals surface area contributed by atoms with Gasteiger partial charge in [0.15, 0.2) is 0 Å². The Morgan fingerprint density at radius 1 is 0.957 bits per heavy atom. The fourth-order valence-electron chi connectivity index (χ4n) is 3.50. The first-order valence-electron chi connectivity index (χ1n) is 8.44. The summed E-state index contributed by atoms with van der Waals surface area (Å²) in [5, 5.41) is 0.681. The molecule has 1 aliphatic heterocycles. The second-order valence-corrected chi connectivity index (χ2v) is 6.93. The normalized spacial score (nSPS) is 19.2. The van der Waals surface area contributed by atoms with Crippen molar-refractivity contribution in [3.63, 3.8) is 0 Å². The molecular weight excluding hydrogens is 312 g/mol. The number of carbonyl (C=O) groups is 2. The van der Waals surface area contributed by atoms with Crippen molar-refractivity contribution in [3.05, 3.63) is 34.9 Å². The summed E-state index contributed by atoms with van der Waals surface area (Å²) < 4.78 is 0. The smallest absolute Gasteiger partial charge is 0.227 e. The van der Waals surface area contributed by atoms with Gasteiger partial charge in [-0.3, -0.25) is 9.59 Å². The van der Waals surface area contributed by atoms with Crippen LogP contribution in [0, 0.1) is 5.92 Å². The lowest BCUT2D eigenvalue weighted by molar-refractivity contribution is -0.141. The van der Waals surface area contributed by atoms with Crippen LogP contribution in [0.2, 0.25) is 5.02 Å². The molecule has 0 atom stereocenters. The predicted octanol–water partition coefficient (Wildman–Crippen LogP) is 2.74. The van der Waals surface area contributed by atoms with E-state index in [1.54, 1.807) is 0 Å². The van der Waals surface area contributed by atoms with Gasteiger partial charge in [-0.1, -0.05) is 36.6 Å². The first-order valence-corrected chi connectivity index (χ1v) is 8.82. The molecule has 4 nitrogen and oxygen atoms in total. The molecule has 124 valence electrons. The average molecular weight is 335 g/mol. The number of hydrogen-bond acceptors (Lipinski definition) is 2. The number of amides is 2. The second kappa shape index (κ2) is 7.35. The van der Waals surface area contributed by atoms with Crippen LogP contribution in [0.25, 0.3) is 0 Å². The lowest BCUT2D eigenvalue weighted by Gasteiger charge is -2.36. The van der Waals surface area contributed by atoms with E-state index in [0.29, 0.717) is 43.5 Å². The third-order valence-corrected chi connectivity index (χ3v) is 5.17. The molecule has 0 N–H and O–H groups in total. The summed E-state index contributed by atoms with van der Waals surface area (Å²) in [6.07, 6.45) is 4.82. The molecule has 0 spiro atoms. The van der Waals surface area contributed by atoms with Crippen molar-refractivity contribution in [2.45, 2.75) is 32.1 Å². The Hall–Kier alpha value is -1.55. The van der Waals surface area contributed by atoms with E-state index in [2.05, 4.69) is 0 Å². The molecule has 1 heterocycles. The molecule has 2 aliphatic rings. The zero-order valence-electron chi connectivity index (χ0n) is 13.3. The molecule has 2 amide bonds. The van der Waals surface area contributed by atoms with Crippen LogP contribution in [0.3, 0.4) is 0 Å². The van der Waals surface area contributed by atoms with Crippen molar-refractivity contribution in [3.8, 4) is 0 Å². The topological polar surface area (TPSA) is 40.6 Å². The third kappa shape index (κ3) is 4.05. The number of piperazine rings is 1. The standard InChI is InChI=1S/C18H23ClN2O2/c19-16-7-5-14(6-8-16)13-17(22)20-9-11-21(12-10-20)18(23)15-3-1-2-4-15/h5-8,15H,1-4,9-13H2. The molecule has 1 aromatic carbocycles. The molecule has 1 saturated carbocycles. The molecule has 5 heteroatoms. The average Bonchev–Trinajstić information content (AvgIpc) is 3.11. The summed E-state index contributed by atoms with van der Waals surface area (Å²) in [7, 11) is 0. The maximum absolute atomic E-state index is 12.4. The first-order chi connectivity index (χ1) is 11.1. The molecule has 23 heavy (non-hydrogen) atoms. The van der Waals surface area contributed by atoms with Crippen molar-refractivity contribution >= 4 is 23.4 Å². The fourth-order valence-corrected chi connectivity index (χ4v) is 3.62. The number of nitrogens with zero attached hydrogens (tertiary/aromatic N) is 2. The Kier molecular flexibility index (Phi) is 5.21. The quantitative estimate of drug-likeness (QED) is 0.852. The van der Waals surface area contributed by atoms with Gasteiger partial charge >= 0.3 is 0 Å². The molecule has 1 aliphatic carbocycles. The molecular formula is C18H23ClN2O2. The summed E-state index contributed by atoms with van der Waals surface area (Å²) in [5.74, 6) is 0.652. The van der Waals surface area contributed by atoms with Crippen molar-refractivity contribution in [2.24, 2.45) is 5.92 Å². The van der Waals surface area contributed by atoms with Crippen LogP contribution in [0.4, 0.5) is 0 Å². The number of hydrogen-bond donors (Lipinski definition) is 0. The molecule has 1 aromatic rings. The summed E-state index contributed by atoms with van der Waals surface area (Å²) in [5.41, 5.74) is 0.976. The predicted molar refractivity (Wildman–Crippen MR) is 90.3 cm³/mol. The second-order valence-electron chi connectivity index (χ2n) is 6.49. The zero-order chi connectivity index (χ0) is 16.2. The Morgan fingerprint density at radius 3 is 2.13 bits per heavy atom. The summed E-state index contributed by atoms with van der Waals surface area (Å²) >= 11 is 5.86. The van der Waals surface area contributed by atoms with Gasteiger partial charge in [-0.2, -0.15) is 0 Å². The van der Waals surface area contributed by atoms with Crippen molar-refractivity contribution < 1.29 is 9.59 Å². The highest BCUT2D eigenvalue weighted by Crippen LogP contribution is 2.27. The van der Waals surface area contributed by atoms with Gasteiger partial charge in [0.1, 0.15) is 0 Å². The number of halogens is 1. The highest BCUT2D eigenvalue weighted by atomic mass is 35.5. The Morgan fingerprint density at radius 2 is 1.52 bits per heavy atom. The van der Waals surface area contributed by atoms with E-state index in [4.69, 9.17) is 11.6 Å². The Bertz CT molecular complexity index is 559. The highest BCUT2D eigenvalue weighted by Gasteiger charge is 2.30. The number of carbonyl (C=O) groups excluding carboxylic acids is 2. The van der Waals surface area contributed by atoms with Crippen LogP contribution in [-0.4, -0.2) is 47.8 Å². The lowest BCUT2D eigenvalue weighted by atomic mass is 10.1. The van der Waals surface area contributed by atoms with E-state index in [9.17, 15) is 9.59 Å². The van der Waals surface area contributed by atoms with Gasteiger partial charge < -0.3 is 9.80 Å². The minimum Gasteiger partial charge on any atom is -0.339 e. The van der Waals surface area contributed by atoms with Crippen LogP contribution in [0.5, 0.6) is 0 Å². The first kappa shape index (κ1) is 16.3. The number of rotatable bonds is 3. The number of benzene rings is 1. The molecule has 0 bridgehead atoms. The molecule has 0 radical (unpaired) electrons. The van der Waals surface area contributed by atoms with Crippen molar-refractivity contribution in [1.29, 1.82) is 0 Å².